The van der Waals surface area contributed by atoms with E-state index in [0.717, 1.165) is 11.8 Å². The molecule has 0 spiro atoms. The highest BCUT2D eigenvalue weighted by molar-refractivity contribution is 5.80. The molecule has 3 fully saturated rings. The van der Waals surface area contributed by atoms with Crippen molar-refractivity contribution in [2.45, 2.75) is 108 Å². The minimum Gasteiger partial charge on any atom is -0.475 e. The first-order chi connectivity index (χ1) is 11.3. The highest BCUT2D eigenvalue weighted by atomic mass is 16.5. The molecule has 3 nitrogen and oxygen atoms in total. The van der Waals surface area contributed by atoms with Crippen LogP contribution < -0.4 is 0 Å². The first-order valence-corrected chi connectivity index (χ1v) is 10.2. The minimum absolute atomic E-state index is 0.414. The van der Waals surface area contributed by atoms with Crippen LogP contribution in [0.25, 0.3) is 0 Å². The van der Waals surface area contributed by atoms with Gasteiger partial charge in [0.25, 0.3) is 0 Å². The van der Waals surface area contributed by atoms with Crippen LogP contribution in [0.3, 0.4) is 0 Å². The average Bonchev–Trinajstić information content (AvgIpc) is 3.02. The van der Waals surface area contributed by atoms with Crippen molar-refractivity contribution in [2.75, 3.05) is 0 Å². The van der Waals surface area contributed by atoms with E-state index in [9.17, 15) is 0 Å². The van der Waals surface area contributed by atoms with E-state index in [-0.39, 0.29) is 0 Å². The third-order valence-corrected chi connectivity index (χ3v) is 6.60. The molecule has 130 valence electrons. The zero-order valence-electron chi connectivity index (χ0n) is 14.7. The van der Waals surface area contributed by atoms with E-state index in [1.54, 1.807) is 0 Å². The topological polar surface area (TPSA) is 30.8 Å². The predicted octanol–water partition coefficient (Wildman–Crippen LogP) is 4.88. The summed E-state index contributed by atoms with van der Waals surface area (Å²) in [5.74, 6) is 2.59. The SMILES string of the molecule is CC1CCC(OC2CCC(C3=NC4CCCCC4O3)CC2)CC1. The lowest BCUT2D eigenvalue weighted by atomic mass is 9.86. The fourth-order valence-corrected chi connectivity index (χ4v) is 5.00. The molecule has 0 saturated heterocycles. The van der Waals surface area contributed by atoms with Gasteiger partial charge in [-0.1, -0.05) is 13.3 Å². The second-order valence-electron chi connectivity index (χ2n) is 8.47. The molecule has 3 heteroatoms. The van der Waals surface area contributed by atoms with Gasteiger partial charge in [-0.05, 0) is 76.5 Å². The number of nitrogens with zero attached hydrogens (tertiary/aromatic N) is 1. The van der Waals surface area contributed by atoms with Gasteiger partial charge in [0.1, 0.15) is 6.10 Å². The number of hydrogen-bond acceptors (Lipinski definition) is 3. The molecule has 23 heavy (non-hydrogen) atoms. The molecule has 3 aliphatic carbocycles. The van der Waals surface area contributed by atoms with Gasteiger partial charge in [0.05, 0.1) is 18.2 Å². The molecule has 2 atom stereocenters. The number of aliphatic imine (C=N–C) groups is 1. The summed E-state index contributed by atoms with van der Waals surface area (Å²) in [6, 6.07) is 0.483. The largest absolute Gasteiger partial charge is 0.475 e. The van der Waals surface area contributed by atoms with Gasteiger partial charge in [-0.2, -0.15) is 0 Å². The highest BCUT2D eigenvalue weighted by Gasteiger charge is 2.37. The summed E-state index contributed by atoms with van der Waals surface area (Å²) in [5.41, 5.74) is 0. The van der Waals surface area contributed by atoms with Crippen LogP contribution in [-0.4, -0.2) is 30.3 Å². The maximum Gasteiger partial charge on any atom is 0.187 e. The molecule has 4 rings (SSSR count). The van der Waals surface area contributed by atoms with Gasteiger partial charge in [-0.25, -0.2) is 4.99 Å². The Balaban J connectivity index is 1.23. The summed E-state index contributed by atoms with van der Waals surface area (Å²) in [4.78, 5) is 4.94. The Kier molecular flexibility index (Phi) is 4.93. The third kappa shape index (κ3) is 3.75. The summed E-state index contributed by atoms with van der Waals surface area (Å²) in [6.45, 7) is 2.38. The number of fused-ring (bicyclic) bond motifs is 1. The van der Waals surface area contributed by atoms with Gasteiger partial charge in [0.15, 0.2) is 5.90 Å². The van der Waals surface area contributed by atoms with E-state index >= 15 is 0 Å². The molecule has 2 unspecified atom stereocenters. The Morgan fingerprint density at radius 1 is 0.826 bits per heavy atom. The average molecular weight is 319 g/mol. The first-order valence-electron chi connectivity index (χ1n) is 10.2. The summed E-state index contributed by atoms with van der Waals surface area (Å²) in [6.07, 6.45) is 16.7. The van der Waals surface area contributed by atoms with E-state index in [2.05, 4.69) is 6.92 Å². The standard InChI is InChI=1S/C20H33NO2/c1-14-6-10-16(11-7-14)22-17-12-8-15(9-13-17)20-21-18-4-2-3-5-19(18)23-20/h14-19H,2-13H2,1H3. The monoisotopic (exact) mass is 319 g/mol. The van der Waals surface area contributed by atoms with Gasteiger partial charge >= 0.3 is 0 Å². The number of rotatable bonds is 3. The molecule has 0 amide bonds. The lowest BCUT2D eigenvalue weighted by Gasteiger charge is -2.34. The molecule has 3 saturated carbocycles. The van der Waals surface area contributed by atoms with E-state index < -0.39 is 0 Å². The van der Waals surface area contributed by atoms with Crippen LogP contribution >= 0.6 is 0 Å². The molecule has 0 aromatic heterocycles. The van der Waals surface area contributed by atoms with Crippen molar-refractivity contribution in [1.82, 2.24) is 0 Å². The Labute approximate surface area is 141 Å². The Morgan fingerprint density at radius 2 is 1.48 bits per heavy atom. The van der Waals surface area contributed by atoms with Crippen LogP contribution in [0.5, 0.6) is 0 Å². The molecule has 0 N–H and O–H groups in total. The van der Waals surface area contributed by atoms with Crippen molar-refractivity contribution in [2.24, 2.45) is 16.8 Å². The zero-order chi connectivity index (χ0) is 15.6. The lowest BCUT2D eigenvalue weighted by molar-refractivity contribution is -0.0533. The Morgan fingerprint density at radius 3 is 2.17 bits per heavy atom. The van der Waals surface area contributed by atoms with Crippen molar-refractivity contribution in [3.8, 4) is 0 Å². The van der Waals surface area contributed by atoms with Crippen molar-refractivity contribution in [3.05, 3.63) is 0 Å². The van der Waals surface area contributed by atoms with E-state index in [0.29, 0.717) is 30.3 Å². The zero-order valence-corrected chi connectivity index (χ0v) is 14.7. The fourth-order valence-electron chi connectivity index (χ4n) is 5.00. The fraction of sp³-hybridized carbons (Fsp3) is 0.950. The van der Waals surface area contributed by atoms with Crippen molar-refractivity contribution in [1.29, 1.82) is 0 Å². The van der Waals surface area contributed by atoms with Gasteiger partial charge in [-0.3, -0.25) is 0 Å². The summed E-state index contributed by atoms with van der Waals surface area (Å²) in [7, 11) is 0. The second kappa shape index (κ2) is 7.13. The van der Waals surface area contributed by atoms with Crippen LogP contribution in [0.1, 0.15) is 84.0 Å². The van der Waals surface area contributed by atoms with Crippen LogP contribution in [-0.2, 0) is 9.47 Å². The number of ether oxygens (including phenoxy) is 2. The van der Waals surface area contributed by atoms with E-state index in [1.807, 2.05) is 0 Å². The molecule has 1 heterocycles. The van der Waals surface area contributed by atoms with Crippen molar-refractivity contribution < 1.29 is 9.47 Å². The molecular formula is C20H33NO2. The molecule has 0 aromatic rings. The lowest BCUT2D eigenvalue weighted by Crippen LogP contribution is -2.32. The van der Waals surface area contributed by atoms with Crippen LogP contribution in [0.4, 0.5) is 0 Å². The minimum atomic E-state index is 0.414. The molecule has 0 bridgehead atoms. The van der Waals surface area contributed by atoms with Gasteiger partial charge in [0, 0.05) is 5.92 Å². The highest BCUT2D eigenvalue weighted by Crippen LogP contribution is 2.36. The molecular weight excluding hydrogens is 286 g/mol. The third-order valence-electron chi connectivity index (χ3n) is 6.60. The van der Waals surface area contributed by atoms with Crippen LogP contribution in [0.2, 0.25) is 0 Å². The van der Waals surface area contributed by atoms with Crippen molar-refractivity contribution in [3.63, 3.8) is 0 Å². The second-order valence-corrected chi connectivity index (χ2v) is 8.47. The predicted molar refractivity (Wildman–Crippen MR) is 92.8 cm³/mol. The van der Waals surface area contributed by atoms with E-state index in [4.69, 9.17) is 14.5 Å². The van der Waals surface area contributed by atoms with Crippen LogP contribution in [0, 0.1) is 11.8 Å². The summed E-state index contributed by atoms with van der Waals surface area (Å²) >= 11 is 0. The Hall–Kier alpha value is -0.570. The normalized spacial score (nSPS) is 44.3. The molecule has 1 aliphatic heterocycles. The smallest absolute Gasteiger partial charge is 0.187 e. The summed E-state index contributed by atoms with van der Waals surface area (Å²) in [5, 5.41) is 0. The van der Waals surface area contributed by atoms with Gasteiger partial charge < -0.3 is 9.47 Å². The molecule has 0 aromatic carbocycles. The first kappa shape index (κ1) is 15.9. The summed E-state index contributed by atoms with van der Waals surface area (Å²) < 4.78 is 12.6. The van der Waals surface area contributed by atoms with Crippen molar-refractivity contribution >= 4 is 5.90 Å². The molecule has 0 radical (unpaired) electrons. The van der Waals surface area contributed by atoms with Gasteiger partial charge in [0.2, 0.25) is 0 Å². The quantitative estimate of drug-likeness (QED) is 0.742. The number of hydrogen-bond donors (Lipinski definition) is 0. The molecule has 4 aliphatic rings. The Bertz CT molecular complexity index is 419. The van der Waals surface area contributed by atoms with Gasteiger partial charge in [-0.15, -0.1) is 0 Å². The maximum atomic E-state index is 6.41. The maximum absolute atomic E-state index is 6.41. The van der Waals surface area contributed by atoms with E-state index in [1.165, 1.54) is 77.0 Å². The van der Waals surface area contributed by atoms with Crippen LogP contribution in [0.15, 0.2) is 4.99 Å².